The highest BCUT2D eigenvalue weighted by Gasteiger charge is 2.35. The second-order valence-electron chi connectivity index (χ2n) is 12.5. The normalized spacial score (nSPS) is 17.9. The Morgan fingerprint density at radius 2 is 1.68 bits per heavy atom. The van der Waals surface area contributed by atoms with Gasteiger partial charge in [0.25, 0.3) is 0 Å². The summed E-state index contributed by atoms with van der Waals surface area (Å²) in [4.78, 5) is 0. The maximum Gasteiger partial charge on any atom is 0.221 e. The van der Waals surface area contributed by atoms with Crippen LogP contribution >= 0.6 is 0 Å². The van der Waals surface area contributed by atoms with Crippen LogP contribution in [0.15, 0.2) is 36.5 Å². The van der Waals surface area contributed by atoms with Crippen molar-refractivity contribution in [2.24, 2.45) is 18.4 Å². The van der Waals surface area contributed by atoms with E-state index in [0.717, 1.165) is 6.42 Å². The standard InChI is InChI=1S/C33H42N/c1-20(2)15-28-29-19-26(24-9-12-33(6,7)13-10-24)18-25-11-14-34(8)32(30(25)29)31(28)27-17-21(3)16-22(4)23(27)5/h11,14,16-20,24H,9-10,12-13,15H2,1-8H3/q+1. The summed E-state index contributed by atoms with van der Waals surface area (Å²) in [5, 5.41) is 2.89. The number of hydrogen-bond acceptors (Lipinski definition) is 0. The Kier molecular flexibility index (Phi) is 5.74. The molecule has 0 N–H and O–H groups in total. The van der Waals surface area contributed by atoms with E-state index in [1.165, 1.54) is 75.5 Å². The average molecular weight is 453 g/mol. The van der Waals surface area contributed by atoms with Crippen LogP contribution in [0, 0.1) is 32.1 Å². The van der Waals surface area contributed by atoms with Crippen LogP contribution < -0.4 is 4.57 Å². The molecule has 2 aliphatic carbocycles. The molecule has 178 valence electrons. The number of pyridine rings is 1. The van der Waals surface area contributed by atoms with Gasteiger partial charge in [0, 0.05) is 6.07 Å². The van der Waals surface area contributed by atoms with Crippen molar-refractivity contribution < 1.29 is 4.57 Å². The zero-order valence-corrected chi connectivity index (χ0v) is 22.6. The lowest BCUT2D eigenvalue weighted by molar-refractivity contribution is -0.672. The Hall–Kier alpha value is -2.41. The molecule has 34 heavy (non-hydrogen) atoms. The Bertz CT molecular complexity index is 1310. The van der Waals surface area contributed by atoms with Crippen LogP contribution in [0.1, 0.15) is 105 Å². The fourth-order valence-electron chi connectivity index (χ4n) is 6.52. The van der Waals surface area contributed by atoms with E-state index >= 15 is 0 Å². The minimum absolute atomic E-state index is 0.501. The molecule has 0 bridgehead atoms. The van der Waals surface area contributed by atoms with E-state index in [2.05, 4.69) is 96.6 Å². The quantitative estimate of drug-likeness (QED) is 0.349. The van der Waals surface area contributed by atoms with Gasteiger partial charge in [-0.3, -0.25) is 0 Å². The Labute approximate surface area is 206 Å². The van der Waals surface area contributed by atoms with Gasteiger partial charge in [-0.15, -0.1) is 0 Å². The van der Waals surface area contributed by atoms with Gasteiger partial charge in [-0.1, -0.05) is 57.5 Å². The molecule has 0 unspecified atom stereocenters. The van der Waals surface area contributed by atoms with Crippen molar-refractivity contribution in [1.29, 1.82) is 0 Å². The van der Waals surface area contributed by atoms with Crippen LogP contribution in [0.5, 0.6) is 0 Å². The highest BCUT2D eigenvalue weighted by atomic mass is 14.9. The Balaban J connectivity index is 1.77. The molecular formula is C33H42N+. The molecule has 0 spiro atoms. The maximum atomic E-state index is 2.59. The predicted octanol–water partition coefficient (Wildman–Crippen LogP) is 8.59. The first-order valence-electron chi connectivity index (χ1n) is 13.3. The monoisotopic (exact) mass is 452 g/mol. The van der Waals surface area contributed by atoms with Crippen molar-refractivity contribution in [2.75, 3.05) is 0 Å². The SMILES string of the molecule is Cc1cc(C)c(C)c(C2=C(CC(C)C)c3cc(C4CCC(C)(C)CC4)cc4cc[n+](C)c2c34)c1. The second-order valence-corrected chi connectivity index (χ2v) is 12.5. The number of benzene rings is 2. The number of aromatic nitrogens is 1. The third-order valence-corrected chi connectivity index (χ3v) is 8.63. The molecular weight excluding hydrogens is 410 g/mol. The van der Waals surface area contributed by atoms with E-state index in [4.69, 9.17) is 0 Å². The molecule has 2 aromatic carbocycles. The molecule has 3 aromatic rings. The second kappa shape index (κ2) is 8.36. The lowest BCUT2D eigenvalue weighted by Gasteiger charge is -2.34. The highest BCUT2D eigenvalue weighted by Crippen LogP contribution is 2.49. The molecule has 1 heteroatoms. The van der Waals surface area contributed by atoms with Gasteiger partial charge in [0.05, 0.1) is 11.0 Å². The van der Waals surface area contributed by atoms with Crippen LogP contribution in [0.3, 0.4) is 0 Å². The molecule has 1 saturated carbocycles. The summed E-state index contributed by atoms with van der Waals surface area (Å²) >= 11 is 0. The van der Waals surface area contributed by atoms with Gasteiger partial charge in [-0.05, 0) is 109 Å². The van der Waals surface area contributed by atoms with Crippen LogP contribution in [0.2, 0.25) is 0 Å². The summed E-state index contributed by atoms with van der Waals surface area (Å²) in [6, 6.07) is 12.2. The minimum atomic E-state index is 0.501. The molecule has 1 fully saturated rings. The predicted molar refractivity (Wildman–Crippen MR) is 146 cm³/mol. The third-order valence-electron chi connectivity index (χ3n) is 8.63. The summed E-state index contributed by atoms with van der Waals surface area (Å²) in [5.74, 6) is 1.31. The summed E-state index contributed by atoms with van der Waals surface area (Å²) in [6.45, 7) is 16.4. The molecule has 0 aliphatic heterocycles. The van der Waals surface area contributed by atoms with E-state index in [1.54, 1.807) is 11.1 Å². The fourth-order valence-corrected chi connectivity index (χ4v) is 6.52. The van der Waals surface area contributed by atoms with Crippen molar-refractivity contribution in [3.05, 3.63) is 75.6 Å². The van der Waals surface area contributed by atoms with Gasteiger partial charge in [0.1, 0.15) is 7.05 Å². The molecule has 0 amide bonds. The third kappa shape index (κ3) is 3.92. The lowest BCUT2D eigenvalue weighted by Crippen LogP contribution is -2.32. The van der Waals surface area contributed by atoms with Crippen molar-refractivity contribution >= 4 is 21.9 Å². The minimum Gasteiger partial charge on any atom is -0.200 e. The van der Waals surface area contributed by atoms with Gasteiger partial charge >= 0.3 is 0 Å². The zero-order chi connectivity index (χ0) is 24.4. The number of aryl methyl sites for hydroxylation is 3. The first-order valence-corrected chi connectivity index (χ1v) is 13.3. The lowest BCUT2D eigenvalue weighted by atomic mass is 9.71. The van der Waals surface area contributed by atoms with E-state index in [1.807, 2.05) is 0 Å². The van der Waals surface area contributed by atoms with Crippen LogP contribution in [-0.4, -0.2) is 0 Å². The van der Waals surface area contributed by atoms with E-state index < -0.39 is 0 Å². The van der Waals surface area contributed by atoms with E-state index in [0.29, 0.717) is 17.3 Å². The summed E-state index contributed by atoms with van der Waals surface area (Å²) in [5.41, 5.74) is 13.6. The molecule has 0 atom stereocenters. The maximum absolute atomic E-state index is 2.59. The highest BCUT2D eigenvalue weighted by molar-refractivity contribution is 6.16. The fraction of sp³-hybridized carbons (Fsp3) is 0.485. The van der Waals surface area contributed by atoms with E-state index in [9.17, 15) is 0 Å². The van der Waals surface area contributed by atoms with Crippen LogP contribution in [0.25, 0.3) is 21.9 Å². The van der Waals surface area contributed by atoms with E-state index in [-0.39, 0.29) is 0 Å². The number of nitrogens with zero attached hydrogens (tertiary/aromatic N) is 1. The molecule has 0 radical (unpaired) electrons. The summed E-state index contributed by atoms with van der Waals surface area (Å²) in [7, 11) is 2.23. The van der Waals surface area contributed by atoms with Gasteiger partial charge in [-0.25, -0.2) is 4.57 Å². The topological polar surface area (TPSA) is 3.88 Å². The Morgan fingerprint density at radius 3 is 2.35 bits per heavy atom. The van der Waals surface area contributed by atoms with Crippen molar-refractivity contribution in [3.8, 4) is 0 Å². The first-order chi connectivity index (χ1) is 16.1. The van der Waals surface area contributed by atoms with Crippen LogP contribution in [0.4, 0.5) is 0 Å². The number of hydrogen-bond donors (Lipinski definition) is 0. The average Bonchev–Trinajstić information content (AvgIpc) is 3.08. The smallest absolute Gasteiger partial charge is 0.200 e. The van der Waals surface area contributed by atoms with Gasteiger partial charge in [0.15, 0.2) is 6.20 Å². The van der Waals surface area contributed by atoms with Gasteiger partial charge in [-0.2, -0.15) is 0 Å². The summed E-state index contributed by atoms with van der Waals surface area (Å²) in [6.07, 6.45) is 8.71. The molecule has 1 heterocycles. The van der Waals surface area contributed by atoms with Crippen molar-refractivity contribution in [1.82, 2.24) is 0 Å². The van der Waals surface area contributed by atoms with Crippen molar-refractivity contribution in [2.45, 2.75) is 86.5 Å². The van der Waals surface area contributed by atoms with Gasteiger partial charge in [0.2, 0.25) is 5.69 Å². The molecule has 2 aliphatic rings. The van der Waals surface area contributed by atoms with Gasteiger partial charge < -0.3 is 0 Å². The first kappa shape index (κ1) is 23.3. The summed E-state index contributed by atoms with van der Waals surface area (Å²) < 4.78 is 2.37. The molecule has 0 saturated heterocycles. The molecule has 1 nitrogen and oxygen atoms in total. The number of rotatable bonds is 4. The Morgan fingerprint density at radius 1 is 0.971 bits per heavy atom. The number of allylic oxidation sites excluding steroid dienone is 1. The molecule has 5 rings (SSSR count). The molecule has 1 aromatic heterocycles. The van der Waals surface area contributed by atoms with Crippen molar-refractivity contribution in [3.63, 3.8) is 0 Å². The zero-order valence-electron chi connectivity index (χ0n) is 22.6. The van der Waals surface area contributed by atoms with Crippen LogP contribution in [-0.2, 0) is 7.05 Å². The largest absolute Gasteiger partial charge is 0.221 e.